The van der Waals surface area contributed by atoms with Gasteiger partial charge in [-0.2, -0.15) is 0 Å². The molecule has 2 N–H and O–H groups in total. The summed E-state index contributed by atoms with van der Waals surface area (Å²) in [6.07, 6.45) is 0. The molecule has 0 aromatic heterocycles. The van der Waals surface area contributed by atoms with Gasteiger partial charge in [-0.25, -0.2) is 0 Å². The van der Waals surface area contributed by atoms with Gasteiger partial charge in [0, 0.05) is 28.6 Å². The zero-order valence-corrected chi connectivity index (χ0v) is 11.3. The highest BCUT2D eigenvalue weighted by atomic mass is 16.6. The van der Waals surface area contributed by atoms with Gasteiger partial charge in [0.25, 0.3) is 5.91 Å². The van der Waals surface area contributed by atoms with Crippen molar-refractivity contribution < 1.29 is 14.3 Å². The monoisotopic (exact) mass is 282 g/mol. The highest BCUT2D eigenvalue weighted by Crippen LogP contribution is 2.37. The van der Waals surface area contributed by atoms with Gasteiger partial charge in [-0.1, -0.05) is 6.07 Å². The fourth-order valence-electron chi connectivity index (χ4n) is 2.77. The minimum Gasteiger partial charge on any atom is -0.486 e. The quantitative estimate of drug-likeness (QED) is 0.814. The predicted molar refractivity (Wildman–Crippen MR) is 78.8 cm³/mol. The zero-order valence-electron chi connectivity index (χ0n) is 11.3. The van der Waals surface area contributed by atoms with E-state index in [1.165, 1.54) is 0 Å². The van der Waals surface area contributed by atoms with E-state index in [1.807, 2.05) is 30.3 Å². The van der Waals surface area contributed by atoms with Crippen LogP contribution in [0, 0.1) is 0 Å². The molecule has 2 aliphatic rings. The number of carbonyl (C=O) groups is 1. The number of anilines is 2. The van der Waals surface area contributed by atoms with Crippen molar-refractivity contribution >= 4 is 17.3 Å². The normalized spacial score (nSPS) is 16.0. The van der Waals surface area contributed by atoms with Crippen LogP contribution in [0.4, 0.5) is 11.4 Å². The molecule has 2 aromatic rings. The second kappa shape index (κ2) is 4.41. The number of hydrogen-bond acceptors (Lipinski definition) is 4. The lowest BCUT2D eigenvalue weighted by Gasteiger charge is -2.22. The van der Waals surface area contributed by atoms with E-state index in [1.54, 1.807) is 11.0 Å². The minimum absolute atomic E-state index is 0.0334. The molecule has 0 fully saturated rings. The fraction of sp³-hybridized carbons (Fsp3) is 0.188. The molecule has 0 bridgehead atoms. The van der Waals surface area contributed by atoms with E-state index in [2.05, 4.69) is 0 Å². The third-order valence-corrected chi connectivity index (χ3v) is 3.84. The number of rotatable bonds is 1. The highest BCUT2D eigenvalue weighted by molar-refractivity contribution is 6.11. The molecule has 0 aliphatic carbocycles. The Balaban J connectivity index is 1.73. The Bertz CT molecular complexity index is 742. The van der Waals surface area contributed by atoms with E-state index in [4.69, 9.17) is 15.2 Å². The summed E-state index contributed by atoms with van der Waals surface area (Å²) in [5.41, 5.74) is 8.96. The number of fused-ring (bicyclic) bond motifs is 2. The van der Waals surface area contributed by atoms with Crippen LogP contribution in [-0.2, 0) is 6.54 Å². The van der Waals surface area contributed by atoms with E-state index >= 15 is 0 Å². The molecular formula is C16H14N2O3. The maximum absolute atomic E-state index is 12.5. The molecular weight excluding hydrogens is 268 g/mol. The summed E-state index contributed by atoms with van der Waals surface area (Å²) in [6.45, 7) is 1.56. The van der Waals surface area contributed by atoms with Crippen LogP contribution in [0.1, 0.15) is 15.9 Å². The number of hydrogen-bond donors (Lipinski definition) is 1. The molecule has 2 aliphatic heterocycles. The van der Waals surface area contributed by atoms with Crippen LogP contribution >= 0.6 is 0 Å². The van der Waals surface area contributed by atoms with Gasteiger partial charge in [0.2, 0.25) is 0 Å². The molecule has 0 spiro atoms. The first-order valence-corrected chi connectivity index (χ1v) is 6.83. The van der Waals surface area contributed by atoms with Gasteiger partial charge < -0.3 is 20.1 Å². The Labute approximate surface area is 121 Å². The maximum atomic E-state index is 12.5. The summed E-state index contributed by atoms with van der Waals surface area (Å²) in [5.74, 6) is 1.36. The number of nitrogens with two attached hydrogens (primary N) is 1. The lowest BCUT2D eigenvalue weighted by Crippen LogP contribution is -2.23. The van der Waals surface area contributed by atoms with Crippen LogP contribution in [0.5, 0.6) is 11.5 Å². The molecule has 106 valence electrons. The van der Waals surface area contributed by atoms with Gasteiger partial charge >= 0.3 is 0 Å². The largest absolute Gasteiger partial charge is 0.486 e. The molecule has 2 aromatic carbocycles. The molecule has 5 nitrogen and oxygen atoms in total. The first-order chi connectivity index (χ1) is 10.2. The van der Waals surface area contributed by atoms with Gasteiger partial charge in [-0.3, -0.25) is 4.79 Å². The first-order valence-electron chi connectivity index (χ1n) is 6.83. The summed E-state index contributed by atoms with van der Waals surface area (Å²) >= 11 is 0. The zero-order chi connectivity index (χ0) is 14.4. The van der Waals surface area contributed by atoms with Crippen molar-refractivity contribution in [2.75, 3.05) is 23.8 Å². The van der Waals surface area contributed by atoms with Gasteiger partial charge in [0.05, 0.1) is 6.54 Å². The summed E-state index contributed by atoms with van der Waals surface area (Å²) in [5, 5.41) is 0. The Morgan fingerprint density at radius 3 is 2.67 bits per heavy atom. The molecule has 0 radical (unpaired) electrons. The Morgan fingerprint density at radius 2 is 1.86 bits per heavy atom. The van der Waals surface area contributed by atoms with E-state index in [0.29, 0.717) is 42.5 Å². The van der Waals surface area contributed by atoms with E-state index in [9.17, 15) is 4.79 Å². The van der Waals surface area contributed by atoms with Crippen molar-refractivity contribution in [3.05, 3.63) is 47.5 Å². The van der Waals surface area contributed by atoms with Crippen LogP contribution in [0.2, 0.25) is 0 Å². The summed E-state index contributed by atoms with van der Waals surface area (Å²) < 4.78 is 11.1. The highest BCUT2D eigenvalue weighted by Gasteiger charge is 2.30. The van der Waals surface area contributed by atoms with Crippen LogP contribution in [0.15, 0.2) is 36.4 Å². The van der Waals surface area contributed by atoms with E-state index in [-0.39, 0.29) is 5.91 Å². The summed E-state index contributed by atoms with van der Waals surface area (Å²) in [4.78, 5) is 14.2. The SMILES string of the molecule is Nc1cccc2c1CN(c1ccc3c(c1)OCCO3)C2=O. The minimum atomic E-state index is -0.0334. The van der Waals surface area contributed by atoms with Crippen molar-refractivity contribution in [3.8, 4) is 11.5 Å². The van der Waals surface area contributed by atoms with Crippen molar-refractivity contribution in [3.63, 3.8) is 0 Å². The lowest BCUT2D eigenvalue weighted by molar-refractivity contribution is 0.0996. The van der Waals surface area contributed by atoms with Gasteiger partial charge in [0.1, 0.15) is 13.2 Å². The first kappa shape index (κ1) is 12.1. The third-order valence-electron chi connectivity index (χ3n) is 3.84. The van der Waals surface area contributed by atoms with Crippen molar-refractivity contribution in [2.24, 2.45) is 0 Å². The number of carbonyl (C=O) groups excluding carboxylic acids is 1. The van der Waals surface area contributed by atoms with Crippen LogP contribution in [0.3, 0.4) is 0 Å². The summed E-state index contributed by atoms with van der Waals surface area (Å²) in [7, 11) is 0. The Morgan fingerprint density at radius 1 is 1.05 bits per heavy atom. The molecule has 0 unspecified atom stereocenters. The van der Waals surface area contributed by atoms with Crippen molar-refractivity contribution in [1.82, 2.24) is 0 Å². The van der Waals surface area contributed by atoms with Crippen LogP contribution < -0.4 is 20.1 Å². The third kappa shape index (κ3) is 1.81. The number of benzene rings is 2. The average Bonchev–Trinajstić information content (AvgIpc) is 2.86. The molecule has 0 saturated heterocycles. The molecule has 2 heterocycles. The number of amides is 1. The standard InChI is InChI=1S/C16H14N2O3/c17-13-3-1-2-11-12(13)9-18(16(11)19)10-4-5-14-15(8-10)21-7-6-20-14/h1-5,8H,6-7,9,17H2. The van der Waals surface area contributed by atoms with E-state index in [0.717, 1.165) is 11.3 Å². The molecule has 21 heavy (non-hydrogen) atoms. The predicted octanol–water partition coefficient (Wildman–Crippen LogP) is 2.20. The molecule has 0 saturated carbocycles. The number of nitrogen functional groups attached to an aromatic ring is 1. The average molecular weight is 282 g/mol. The molecule has 1 amide bonds. The Kier molecular flexibility index (Phi) is 2.54. The van der Waals surface area contributed by atoms with E-state index < -0.39 is 0 Å². The number of ether oxygens (including phenoxy) is 2. The number of nitrogens with zero attached hydrogens (tertiary/aromatic N) is 1. The molecule has 5 heteroatoms. The fourth-order valence-corrected chi connectivity index (χ4v) is 2.77. The Hall–Kier alpha value is -2.69. The maximum Gasteiger partial charge on any atom is 0.259 e. The lowest BCUT2D eigenvalue weighted by atomic mass is 10.1. The second-order valence-corrected chi connectivity index (χ2v) is 5.09. The summed E-state index contributed by atoms with van der Waals surface area (Å²) in [6, 6.07) is 11.0. The molecule has 4 rings (SSSR count). The van der Waals surface area contributed by atoms with Crippen molar-refractivity contribution in [1.29, 1.82) is 0 Å². The smallest absolute Gasteiger partial charge is 0.259 e. The molecule has 0 atom stereocenters. The van der Waals surface area contributed by atoms with Crippen LogP contribution in [-0.4, -0.2) is 19.1 Å². The second-order valence-electron chi connectivity index (χ2n) is 5.09. The van der Waals surface area contributed by atoms with Gasteiger partial charge in [-0.05, 0) is 24.3 Å². The van der Waals surface area contributed by atoms with Gasteiger partial charge in [-0.15, -0.1) is 0 Å². The van der Waals surface area contributed by atoms with Crippen molar-refractivity contribution in [2.45, 2.75) is 6.54 Å². The van der Waals surface area contributed by atoms with Gasteiger partial charge in [0.15, 0.2) is 11.5 Å². The van der Waals surface area contributed by atoms with Crippen LogP contribution in [0.25, 0.3) is 0 Å². The topological polar surface area (TPSA) is 64.8 Å².